The van der Waals surface area contributed by atoms with Gasteiger partial charge in [-0.15, -0.1) is 0 Å². The molecule has 0 unspecified atom stereocenters. The van der Waals surface area contributed by atoms with Gasteiger partial charge in [0.1, 0.15) is 5.82 Å². The van der Waals surface area contributed by atoms with Crippen LogP contribution in [0, 0.1) is 5.82 Å². The van der Waals surface area contributed by atoms with E-state index in [0.717, 1.165) is 6.07 Å². The third kappa shape index (κ3) is 2.42. The molecule has 94 valence electrons. The van der Waals surface area contributed by atoms with Crippen molar-refractivity contribution in [3.05, 3.63) is 58.1 Å². The van der Waals surface area contributed by atoms with E-state index in [1.807, 2.05) is 0 Å². The molecule has 2 rings (SSSR count). The minimum atomic E-state index is -4.77. The molecule has 6 heteroatoms. The van der Waals surface area contributed by atoms with Crippen molar-refractivity contribution >= 4 is 0 Å². The van der Waals surface area contributed by atoms with Gasteiger partial charge in [-0.05, 0) is 29.8 Å². The number of hydrogen-bond donors (Lipinski definition) is 1. The van der Waals surface area contributed by atoms with Gasteiger partial charge in [0.05, 0.1) is 5.56 Å². The second kappa shape index (κ2) is 4.29. The molecule has 2 nitrogen and oxygen atoms in total. The zero-order valence-corrected chi connectivity index (χ0v) is 8.88. The molecule has 0 fully saturated rings. The van der Waals surface area contributed by atoms with Crippen LogP contribution in [0.25, 0.3) is 11.3 Å². The van der Waals surface area contributed by atoms with Gasteiger partial charge in [0.2, 0.25) is 5.56 Å². The Bertz CT molecular complexity index is 630. The van der Waals surface area contributed by atoms with E-state index in [1.165, 1.54) is 24.3 Å². The first-order valence-electron chi connectivity index (χ1n) is 4.94. The van der Waals surface area contributed by atoms with Crippen LogP contribution in [0.1, 0.15) is 5.56 Å². The summed E-state index contributed by atoms with van der Waals surface area (Å²) >= 11 is 0. The average Bonchev–Trinajstić information content (AvgIpc) is 2.28. The maximum Gasteiger partial charge on any atom is 0.419 e. The molecule has 0 spiro atoms. The molecule has 0 bridgehead atoms. The smallest absolute Gasteiger partial charge is 0.322 e. The largest absolute Gasteiger partial charge is 0.419 e. The molecular formula is C12H7F4NO. The summed E-state index contributed by atoms with van der Waals surface area (Å²) in [6.07, 6.45) is -4.77. The zero-order chi connectivity index (χ0) is 13.3. The summed E-state index contributed by atoms with van der Waals surface area (Å²) in [6, 6.07) is 6.65. The fraction of sp³-hybridized carbons (Fsp3) is 0.0833. The van der Waals surface area contributed by atoms with Gasteiger partial charge in [0.25, 0.3) is 0 Å². The monoisotopic (exact) mass is 257 g/mol. The van der Waals surface area contributed by atoms with Gasteiger partial charge in [0.15, 0.2) is 0 Å². The van der Waals surface area contributed by atoms with E-state index < -0.39 is 23.1 Å². The highest BCUT2D eigenvalue weighted by Crippen LogP contribution is 2.33. The number of aromatic nitrogens is 1. The normalized spacial score (nSPS) is 11.6. The van der Waals surface area contributed by atoms with E-state index in [1.54, 1.807) is 0 Å². The minimum absolute atomic E-state index is 0.0985. The number of hydrogen-bond acceptors (Lipinski definition) is 1. The summed E-state index contributed by atoms with van der Waals surface area (Å²) in [5, 5.41) is 0. The Hall–Kier alpha value is -2.11. The highest BCUT2D eigenvalue weighted by Gasteiger charge is 2.34. The van der Waals surface area contributed by atoms with Crippen LogP contribution in [0.15, 0.2) is 41.2 Å². The number of rotatable bonds is 1. The van der Waals surface area contributed by atoms with Gasteiger partial charge in [-0.2, -0.15) is 13.2 Å². The van der Waals surface area contributed by atoms with E-state index in [-0.39, 0.29) is 11.3 Å². The van der Waals surface area contributed by atoms with Crippen molar-refractivity contribution in [3.8, 4) is 11.3 Å². The lowest BCUT2D eigenvalue weighted by Crippen LogP contribution is -2.09. The van der Waals surface area contributed by atoms with Gasteiger partial charge in [-0.1, -0.05) is 6.07 Å². The maximum absolute atomic E-state index is 13.1. The molecule has 0 aliphatic rings. The molecule has 0 atom stereocenters. The lowest BCUT2D eigenvalue weighted by Gasteiger charge is -2.10. The SMILES string of the molecule is O=c1cccc(-c2ccc(F)c(C(F)(F)F)c2)[nH]1. The molecule has 0 radical (unpaired) electrons. The highest BCUT2D eigenvalue weighted by atomic mass is 19.4. The van der Waals surface area contributed by atoms with Crippen LogP contribution in [0.4, 0.5) is 17.6 Å². The fourth-order valence-corrected chi connectivity index (χ4v) is 1.53. The maximum atomic E-state index is 13.1. The molecule has 1 N–H and O–H groups in total. The number of benzene rings is 1. The van der Waals surface area contributed by atoms with Gasteiger partial charge < -0.3 is 4.98 Å². The summed E-state index contributed by atoms with van der Waals surface area (Å²) in [4.78, 5) is 13.4. The molecule has 0 aliphatic heterocycles. The summed E-state index contributed by atoms with van der Waals surface area (Å²) in [6.45, 7) is 0. The second-order valence-electron chi connectivity index (χ2n) is 3.62. The molecule has 1 aromatic heterocycles. The Kier molecular flexibility index (Phi) is 2.94. The van der Waals surface area contributed by atoms with E-state index in [9.17, 15) is 22.4 Å². The third-order valence-electron chi connectivity index (χ3n) is 2.35. The summed E-state index contributed by atoms with van der Waals surface area (Å²) in [5.74, 6) is -1.34. The van der Waals surface area contributed by atoms with Crippen molar-refractivity contribution in [1.29, 1.82) is 0 Å². The van der Waals surface area contributed by atoms with E-state index in [0.29, 0.717) is 6.07 Å². The highest BCUT2D eigenvalue weighted by molar-refractivity contribution is 5.60. The summed E-state index contributed by atoms with van der Waals surface area (Å²) in [5.41, 5.74) is -1.50. The van der Waals surface area contributed by atoms with Crippen molar-refractivity contribution in [2.45, 2.75) is 6.18 Å². The Morgan fingerprint density at radius 3 is 2.39 bits per heavy atom. The first kappa shape index (κ1) is 12.3. The number of nitrogens with one attached hydrogen (secondary N) is 1. The average molecular weight is 257 g/mol. The van der Waals surface area contributed by atoms with Gasteiger partial charge in [-0.25, -0.2) is 4.39 Å². The molecule has 1 aromatic carbocycles. The van der Waals surface area contributed by atoms with E-state index in [2.05, 4.69) is 4.98 Å². The summed E-state index contributed by atoms with van der Waals surface area (Å²) in [7, 11) is 0. The van der Waals surface area contributed by atoms with Gasteiger partial charge >= 0.3 is 6.18 Å². The number of pyridine rings is 1. The molecule has 2 aromatic rings. The molecule has 1 heterocycles. The van der Waals surface area contributed by atoms with Gasteiger partial charge in [-0.3, -0.25) is 4.79 Å². The quantitative estimate of drug-likeness (QED) is 0.782. The van der Waals surface area contributed by atoms with Crippen LogP contribution in [0.3, 0.4) is 0 Å². The van der Waals surface area contributed by atoms with E-state index >= 15 is 0 Å². The minimum Gasteiger partial charge on any atom is -0.322 e. The Morgan fingerprint density at radius 2 is 1.78 bits per heavy atom. The van der Waals surface area contributed by atoms with Crippen molar-refractivity contribution in [2.75, 3.05) is 0 Å². The lowest BCUT2D eigenvalue weighted by atomic mass is 10.1. The molecule has 0 saturated heterocycles. The molecular weight excluding hydrogens is 250 g/mol. The predicted molar refractivity (Wildman–Crippen MR) is 57.5 cm³/mol. The Balaban J connectivity index is 2.58. The second-order valence-corrected chi connectivity index (χ2v) is 3.62. The third-order valence-corrected chi connectivity index (χ3v) is 2.35. The fourth-order valence-electron chi connectivity index (χ4n) is 1.53. The molecule has 0 aliphatic carbocycles. The van der Waals surface area contributed by atoms with Crippen LogP contribution in [0.2, 0.25) is 0 Å². The van der Waals surface area contributed by atoms with Crippen molar-refractivity contribution < 1.29 is 17.6 Å². The predicted octanol–water partition coefficient (Wildman–Crippen LogP) is 3.20. The zero-order valence-electron chi connectivity index (χ0n) is 8.88. The van der Waals surface area contributed by atoms with E-state index in [4.69, 9.17) is 0 Å². The first-order valence-corrected chi connectivity index (χ1v) is 4.94. The van der Waals surface area contributed by atoms with Crippen LogP contribution in [0.5, 0.6) is 0 Å². The number of H-pyrrole nitrogens is 1. The van der Waals surface area contributed by atoms with Crippen molar-refractivity contribution in [3.63, 3.8) is 0 Å². The van der Waals surface area contributed by atoms with Crippen LogP contribution in [-0.2, 0) is 6.18 Å². The topological polar surface area (TPSA) is 32.9 Å². The summed E-state index contributed by atoms with van der Waals surface area (Å²) < 4.78 is 50.6. The number of aromatic amines is 1. The van der Waals surface area contributed by atoms with Crippen molar-refractivity contribution in [2.24, 2.45) is 0 Å². The number of alkyl halides is 3. The van der Waals surface area contributed by atoms with Crippen LogP contribution in [-0.4, -0.2) is 4.98 Å². The van der Waals surface area contributed by atoms with Crippen molar-refractivity contribution in [1.82, 2.24) is 4.98 Å². The number of halogens is 4. The Morgan fingerprint density at radius 1 is 1.06 bits per heavy atom. The standard InChI is InChI=1S/C12H7F4NO/c13-9-5-4-7(6-8(9)12(14,15)16)10-2-1-3-11(18)17-10/h1-6H,(H,17,18). The molecule has 0 amide bonds. The lowest BCUT2D eigenvalue weighted by molar-refractivity contribution is -0.139. The van der Waals surface area contributed by atoms with Gasteiger partial charge in [0, 0.05) is 11.8 Å². The molecule has 18 heavy (non-hydrogen) atoms. The molecule has 0 saturated carbocycles. The van der Waals surface area contributed by atoms with Crippen LogP contribution < -0.4 is 5.56 Å². The first-order chi connectivity index (χ1) is 8.38. The van der Waals surface area contributed by atoms with Crippen LogP contribution >= 0.6 is 0 Å². The Labute approximate surface area is 98.9 Å².